The monoisotopic (exact) mass is 305 g/mol. The molecule has 0 aliphatic heterocycles. The van der Waals surface area contributed by atoms with E-state index in [9.17, 15) is 4.79 Å². The van der Waals surface area contributed by atoms with E-state index < -0.39 is 0 Å². The number of amides is 1. The van der Waals surface area contributed by atoms with Crippen molar-refractivity contribution < 1.29 is 4.79 Å². The van der Waals surface area contributed by atoms with Gasteiger partial charge in [0.25, 0.3) is 0 Å². The topological polar surface area (TPSA) is 46.9 Å². The van der Waals surface area contributed by atoms with Crippen LogP contribution in [0.15, 0.2) is 0 Å². The first-order chi connectivity index (χ1) is 10.5. The number of nitrogens with one attached hydrogen (secondary N) is 1. The zero-order valence-corrected chi connectivity index (χ0v) is 14.6. The molecule has 1 aliphatic carbocycles. The second-order valence-electron chi connectivity index (χ2n) is 6.85. The number of carbonyl (C=O) groups excluding carboxylic acids is 1. The standard InChI is InChI=1S/C18H31N3O/c1-5-6-7-15-8-10-16(11-9-15)18(22)19-12-17-13(2)20-21(4)14(17)3/h15-16H,5-12H2,1-4H3,(H,19,22). The van der Waals surface area contributed by atoms with Crippen LogP contribution in [0.4, 0.5) is 0 Å². The van der Waals surface area contributed by atoms with Crippen molar-refractivity contribution in [2.24, 2.45) is 18.9 Å². The molecule has 124 valence electrons. The third-order valence-corrected chi connectivity index (χ3v) is 5.28. The molecule has 0 aromatic carbocycles. The lowest BCUT2D eigenvalue weighted by Gasteiger charge is -2.27. The lowest BCUT2D eigenvalue weighted by Crippen LogP contribution is -2.33. The van der Waals surface area contributed by atoms with Crippen LogP contribution in [0, 0.1) is 25.7 Å². The van der Waals surface area contributed by atoms with Crippen LogP contribution >= 0.6 is 0 Å². The molecule has 0 unspecified atom stereocenters. The van der Waals surface area contributed by atoms with Crippen molar-refractivity contribution in [1.29, 1.82) is 0 Å². The molecule has 0 saturated heterocycles. The van der Waals surface area contributed by atoms with Gasteiger partial charge in [0, 0.05) is 30.8 Å². The highest BCUT2D eigenvalue weighted by molar-refractivity contribution is 5.78. The van der Waals surface area contributed by atoms with Crippen molar-refractivity contribution in [1.82, 2.24) is 15.1 Å². The summed E-state index contributed by atoms with van der Waals surface area (Å²) in [5.74, 6) is 1.30. The SMILES string of the molecule is CCCCC1CCC(C(=O)NCc2c(C)nn(C)c2C)CC1. The number of aromatic nitrogens is 2. The molecule has 1 N–H and O–H groups in total. The third kappa shape index (κ3) is 4.11. The maximum absolute atomic E-state index is 12.4. The largest absolute Gasteiger partial charge is 0.352 e. The molecule has 1 saturated carbocycles. The molecule has 2 rings (SSSR count). The number of aryl methyl sites for hydroxylation is 2. The summed E-state index contributed by atoms with van der Waals surface area (Å²) in [4.78, 5) is 12.4. The quantitative estimate of drug-likeness (QED) is 0.872. The average molecular weight is 305 g/mol. The molecule has 1 aliphatic rings. The van der Waals surface area contributed by atoms with E-state index in [0.29, 0.717) is 6.54 Å². The average Bonchev–Trinajstić information content (AvgIpc) is 2.76. The number of nitrogens with zero attached hydrogens (tertiary/aromatic N) is 2. The van der Waals surface area contributed by atoms with Gasteiger partial charge in [0.2, 0.25) is 5.91 Å². The van der Waals surface area contributed by atoms with Crippen LogP contribution in [-0.4, -0.2) is 15.7 Å². The summed E-state index contributed by atoms with van der Waals surface area (Å²) in [6.45, 7) is 6.93. The van der Waals surface area contributed by atoms with Gasteiger partial charge in [0.15, 0.2) is 0 Å². The molecular formula is C18H31N3O. The molecule has 1 aromatic rings. The Labute approximate surface area is 134 Å². The Balaban J connectivity index is 1.79. The molecule has 4 heteroatoms. The number of carbonyl (C=O) groups is 1. The molecule has 0 bridgehead atoms. The van der Waals surface area contributed by atoms with Gasteiger partial charge < -0.3 is 5.32 Å². The fourth-order valence-electron chi connectivity index (χ4n) is 3.60. The summed E-state index contributed by atoms with van der Waals surface area (Å²) in [6, 6.07) is 0. The smallest absolute Gasteiger partial charge is 0.223 e. The Kier molecular flexibility index (Phi) is 6.04. The van der Waals surface area contributed by atoms with Crippen LogP contribution in [0.2, 0.25) is 0 Å². The van der Waals surface area contributed by atoms with Crippen LogP contribution in [0.5, 0.6) is 0 Å². The number of rotatable bonds is 6. The van der Waals surface area contributed by atoms with Crippen molar-refractivity contribution >= 4 is 5.91 Å². The summed E-state index contributed by atoms with van der Waals surface area (Å²) >= 11 is 0. The molecular weight excluding hydrogens is 274 g/mol. The van der Waals surface area contributed by atoms with Crippen LogP contribution in [0.25, 0.3) is 0 Å². The maximum Gasteiger partial charge on any atom is 0.223 e. The second kappa shape index (κ2) is 7.80. The molecule has 22 heavy (non-hydrogen) atoms. The molecule has 0 spiro atoms. The van der Waals surface area contributed by atoms with Crippen molar-refractivity contribution in [2.75, 3.05) is 0 Å². The van der Waals surface area contributed by atoms with Gasteiger partial charge in [-0.3, -0.25) is 9.48 Å². The second-order valence-corrected chi connectivity index (χ2v) is 6.85. The van der Waals surface area contributed by atoms with E-state index in [2.05, 4.69) is 24.3 Å². The number of hydrogen-bond acceptors (Lipinski definition) is 2. The molecule has 0 atom stereocenters. The minimum absolute atomic E-state index is 0.218. The van der Waals surface area contributed by atoms with Crippen LogP contribution in [0.3, 0.4) is 0 Å². The summed E-state index contributed by atoms with van der Waals surface area (Å²) in [7, 11) is 1.95. The van der Waals surface area contributed by atoms with Crippen LogP contribution < -0.4 is 5.32 Å². The zero-order valence-electron chi connectivity index (χ0n) is 14.6. The zero-order chi connectivity index (χ0) is 16.1. The fraction of sp³-hybridized carbons (Fsp3) is 0.778. The minimum atomic E-state index is 0.218. The Morgan fingerprint density at radius 2 is 1.95 bits per heavy atom. The van der Waals surface area contributed by atoms with Crippen molar-refractivity contribution in [3.05, 3.63) is 17.0 Å². The van der Waals surface area contributed by atoms with Gasteiger partial charge in [0.1, 0.15) is 0 Å². The summed E-state index contributed by atoms with van der Waals surface area (Å²) in [5.41, 5.74) is 3.32. The Morgan fingerprint density at radius 1 is 1.27 bits per heavy atom. The van der Waals surface area contributed by atoms with Gasteiger partial charge in [0.05, 0.1) is 5.69 Å². The lowest BCUT2D eigenvalue weighted by atomic mass is 9.79. The van der Waals surface area contributed by atoms with E-state index in [1.165, 1.54) is 32.1 Å². The molecule has 1 heterocycles. The first-order valence-corrected chi connectivity index (χ1v) is 8.79. The summed E-state index contributed by atoms with van der Waals surface area (Å²) in [6.07, 6.45) is 8.53. The predicted molar refractivity (Wildman–Crippen MR) is 89.5 cm³/mol. The van der Waals surface area contributed by atoms with E-state index in [4.69, 9.17) is 0 Å². The summed E-state index contributed by atoms with van der Waals surface area (Å²) in [5, 5.41) is 7.53. The van der Waals surface area contributed by atoms with Gasteiger partial charge in [-0.2, -0.15) is 5.10 Å². The summed E-state index contributed by atoms with van der Waals surface area (Å²) < 4.78 is 1.88. The first kappa shape index (κ1) is 17.0. The highest BCUT2D eigenvalue weighted by Gasteiger charge is 2.26. The molecule has 1 fully saturated rings. The predicted octanol–water partition coefficient (Wildman–Crippen LogP) is 3.65. The molecule has 1 aromatic heterocycles. The molecule has 4 nitrogen and oxygen atoms in total. The highest BCUT2D eigenvalue weighted by atomic mass is 16.1. The van der Waals surface area contributed by atoms with Crippen molar-refractivity contribution in [3.8, 4) is 0 Å². The number of unbranched alkanes of at least 4 members (excludes halogenated alkanes) is 1. The van der Waals surface area contributed by atoms with Gasteiger partial charge in [-0.1, -0.05) is 26.2 Å². The van der Waals surface area contributed by atoms with E-state index in [-0.39, 0.29) is 11.8 Å². The normalized spacial score (nSPS) is 21.8. The van der Waals surface area contributed by atoms with Gasteiger partial charge in [-0.05, 0) is 45.4 Å². The molecule has 1 amide bonds. The number of hydrogen-bond donors (Lipinski definition) is 1. The highest BCUT2D eigenvalue weighted by Crippen LogP contribution is 2.32. The van der Waals surface area contributed by atoms with E-state index in [1.54, 1.807) is 0 Å². The Bertz CT molecular complexity index is 499. The van der Waals surface area contributed by atoms with Crippen molar-refractivity contribution in [2.45, 2.75) is 72.3 Å². The van der Waals surface area contributed by atoms with Crippen LogP contribution in [0.1, 0.15) is 68.8 Å². The van der Waals surface area contributed by atoms with Gasteiger partial charge in [-0.15, -0.1) is 0 Å². The van der Waals surface area contributed by atoms with E-state index >= 15 is 0 Å². The van der Waals surface area contributed by atoms with Crippen molar-refractivity contribution in [3.63, 3.8) is 0 Å². The first-order valence-electron chi connectivity index (χ1n) is 8.79. The van der Waals surface area contributed by atoms with Gasteiger partial charge in [-0.25, -0.2) is 0 Å². The fourth-order valence-corrected chi connectivity index (χ4v) is 3.60. The third-order valence-electron chi connectivity index (χ3n) is 5.28. The van der Waals surface area contributed by atoms with Gasteiger partial charge >= 0.3 is 0 Å². The lowest BCUT2D eigenvalue weighted by molar-refractivity contribution is -0.126. The van der Waals surface area contributed by atoms with E-state index in [1.807, 2.05) is 18.7 Å². The Morgan fingerprint density at radius 3 is 2.50 bits per heavy atom. The van der Waals surface area contributed by atoms with E-state index in [0.717, 1.165) is 35.7 Å². The minimum Gasteiger partial charge on any atom is -0.352 e. The maximum atomic E-state index is 12.4. The molecule has 0 radical (unpaired) electrons. The van der Waals surface area contributed by atoms with Crippen LogP contribution in [-0.2, 0) is 18.4 Å². The Hall–Kier alpha value is -1.32.